The first-order chi connectivity index (χ1) is 8.76. The molecular weight excluding hydrogens is 246 g/mol. The van der Waals surface area contributed by atoms with Crippen molar-refractivity contribution in [2.24, 2.45) is 0 Å². The molecule has 0 aromatic carbocycles. The second-order valence-electron chi connectivity index (χ2n) is 4.12. The number of rotatable bonds is 11. The molecule has 0 saturated heterocycles. The monoisotopic (exact) mass is 275 g/mol. The highest BCUT2D eigenvalue weighted by molar-refractivity contribution is 6.44. The molecule has 0 amide bonds. The molecule has 108 valence electrons. The van der Waals surface area contributed by atoms with Gasteiger partial charge in [0.1, 0.15) is 0 Å². The van der Waals surface area contributed by atoms with Crippen LogP contribution in [0.5, 0.6) is 0 Å². The summed E-state index contributed by atoms with van der Waals surface area (Å²) in [5.41, 5.74) is 0. The van der Waals surface area contributed by atoms with Gasteiger partial charge in [0.2, 0.25) is 6.08 Å². The van der Waals surface area contributed by atoms with Crippen molar-refractivity contribution in [3.05, 3.63) is 0 Å². The van der Waals surface area contributed by atoms with Crippen LogP contribution >= 0.6 is 0 Å². The van der Waals surface area contributed by atoms with E-state index in [1.807, 2.05) is 0 Å². The summed E-state index contributed by atoms with van der Waals surface area (Å²) in [6, 6.07) is 1.18. The Labute approximate surface area is 113 Å². The predicted molar refractivity (Wildman–Crippen MR) is 77.0 cm³/mol. The summed E-state index contributed by atoms with van der Waals surface area (Å²) in [6.07, 6.45) is 8.03. The Morgan fingerprint density at radius 2 is 1.33 bits per heavy atom. The number of hydrogen-bond donors (Lipinski definition) is 1. The van der Waals surface area contributed by atoms with Crippen molar-refractivity contribution < 1.29 is 13.6 Å². The summed E-state index contributed by atoms with van der Waals surface area (Å²) >= 11 is 0. The maximum Gasteiger partial charge on any atom is 0.321 e. The van der Waals surface area contributed by atoms with Gasteiger partial charge in [-0.3, -0.25) is 0 Å². The highest BCUT2D eigenvalue weighted by Gasteiger charge is 2.11. The van der Waals surface area contributed by atoms with E-state index in [0.717, 1.165) is 19.3 Å². The third-order valence-electron chi connectivity index (χ3n) is 2.40. The van der Waals surface area contributed by atoms with Gasteiger partial charge >= 0.3 is 9.28 Å². The van der Waals surface area contributed by atoms with Crippen LogP contribution in [0.25, 0.3) is 0 Å². The molecule has 0 radical (unpaired) electrons. The Bertz CT molecular complexity index is 175. The lowest BCUT2D eigenvalue weighted by Gasteiger charge is -2.16. The molecule has 0 aliphatic heterocycles. The first-order valence-electron chi connectivity index (χ1n) is 7.03. The zero-order valence-electron chi connectivity index (χ0n) is 12.2. The highest BCUT2D eigenvalue weighted by Crippen LogP contribution is 2.06. The van der Waals surface area contributed by atoms with Crippen molar-refractivity contribution >= 4 is 15.4 Å². The van der Waals surface area contributed by atoms with Gasteiger partial charge in [-0.15, -0.1) is 0 Å². The van der Waals surface area contributed by atoms with Crippen LogP contribution < -0.4 is 0 Å². The van der Waals surface area contributed by atoms with Crippen LogP contribution in [0.15, 0.2) is 0 Å². The summed E-state index contributed by atoms with van der Waals surface area (Å²) in [7, 11) is -1.31. The van der Waals surface area contributed by atoms with E-state index in [2.05, 4.69) is 20.8 Å². The zero-order valence-corrected chi connectivity index (χ0v) is 13.3. The maximum atomic E-state index is 8.35. The van der Waals surface area contributed by atoms with Crippen molar-refractivity contribution in [3.63, 3.8) is 0 Å². The average molecular weight is 275 g/mol. The fourth-order valence-electron chi connectivity index (χ4n) is 1.30. The van der Waals surface area contributed by atoms with Gasteiger partial charge in [-0.05, 0) is 18.9 Å². The van der Waals surface area contributed by atoms with Crippen LogP contribution in [0.4, 0.5) is 0 Å². The van der Waals surface area contributed by atoms with Crippen LogP contribution in [0.3, 0.4) is 0 Å². The standard InChI is InChI=1S/C12H28O2Si.CHNO/c1-4-7-10-13-15(12-9-6-3)14-11-8-5-2;2-1-3/h15H,4-12H2,1-3H3;2H. The van der Waals surface area contributed by atoms with Crippen molar-refractivity contribution in [3.8, 4) is 0 Å². The number of unbranched alkanes of at least 4 members (excludes halogenated alkanes) is 3. The first-order valence-corrected chi connectivity index (χ1v) is 8.79. The Hall–Kier alpha value is -0.483. The summed E-state index contributed by atoms with van der Waals surface area (Å²) < 4.78 is 11.7. The molecule has 0 aromatic heterocycles. The van der Waals surface area contributed by atoms with Crippen molar-refractivity contribution in [1.82, 2.24) is 0 Å². The lowest BCUT2D eigenvalue weighted by Crippen LogP contribution is -2.23. The summed E-state index contributed by atoms with van der Waals surface area (Å²) in [5.74, 6) is 0. The molecule has 0 bridgehead atoms. The Balaban J connectivity index is 0. The summed E-state index contributed by atoms with van der Waals surface area (Å²) in [4.78, 5) is 8.35. The van der Waals surface area contributed by atoms with Crippen LogP contribution in [-0.4, -0.2) is 28.6 Å². The molecule has 0 saturated carbocycles. The number of nitrogens with one attached hydrogen (secondary N) is 1. The number of isocyanates is 1. The van der Waals surface area contributed by atoms with Crippen molar-refractivity contribution in [1.29, 1.82) is 5.41 Å². The Morgan fingerprint density at radius 3 is 1.67 bits per heavy atom. The molecule has 0 atom stereocenters. The fraction of sp³-hybridized carbons (Fsp3) is 0.923. The van der Waals surface area contributed by atoms with E-state index in [0.29, 0.717) is 0 Å². The Morgan fingerprint density at radius 1 is 0.944 bits per heavy atom. The highest BCUT2D eigenvalue weighted by atomic mass is 28.3. The van der Waals surface area contributed by atoms with E-state index >= 15 is 0 Å². The fourth-order valence-corrected chi connectivity index (χ4v) is 3.33. The van der Waals surface area contributed by atoms with E-state index in [1.54, 1.807) is 0 Å². The van der Waals surface area contributed by atoms with E-state index in [9.17, 15) is 0 Å². The summed E-state index contributed by atoms with van der Waals surface area (Å²) in [5, 5.41) is 5.40. The van der Waals surface area contributed by atoms with Gasteiger partial charge in [-0.2, -0.15) is 0 Å². The Kier molecular flexibility index (Phi) is 20.8. The second kappa shape index (κ2) is 18.9. The van der Waals surface area contributed by atoms with Crippen LogP contribution in [0.2, 0.25) is 6.04 Å². The lowest BCUT2D eigenvalue weighted by atomic mass is 10.4. The van der Waals surface area contributed by atoms with Gasteiger partial charge in [0.05, 0.1) is 0 Å². The summed E-state index contributed by atoms with van der Waals surface area (Å²) in [6.45, 7) is 8.43. The topological polar surface area (TPSA) is 59.4 Å². The second-order valence-corrected chi connectivity index (χ2v) is 6.23. The molecule has 0 aliphatic rings. The molecule has 0 aromatic rings. The third kappa shape index (κ3) is 17.9. The van der Waals surface area contributed by atoms with Crippen LogP contribution in [0.1, 0.15) is 59.3 Å². The third-order valence-corrected chi connectivity index (χ3v) is 4.49. The molecule has 5 heteroatoms. The van der Waals surface area contributed by atoms with Crippen molar-refractivity contribution in [2.75, 3.05) is 13.2 Å². The van der Waals surface area contributed by atoms with E-state index in [-0.39, 0.29) is 0 Å². The SMILES string of the molecule is CCCCO[SiH](CCCC)OCCCC.N=C=O. The van der Waals surface area contributed by atoms with Gasteiger partial charge in [0.25, 0.3) is 0 Å². The quantitative estimate of drug-likeness (QED) is 0.271. The molecule has 0 spiro atoms. The molecule has 1 N–H and O–H groups in total. The predicted octanol–water partition coefficient (Wildman–Crippen LogP) is 3.54. The minimum atomic E-state index is -1.31. The van der Waals surface area contributed by atoms with Gasteiger partial charge in [0, 0.05) is 13.2 Å². The largest absolute Gasteiger partial charge is 0.397 e. The zero-order chi connectivity index (χ0) is 14.1. The van der Waals surface area contributed by atoms with Gasteiger partial charge in [0.15, 0.2) is 0 Å². The number of hydrogen-bond acceptors (Lipinski definition) is 4. The molecule has 0 unspecified atom stereocenters. The van der Waals surface area contributed by atoms with E-state index in [1.165, 1.54) is 44.6 Å². The van der Waals surface area contributed by atoms with Crippen molar-refractivity contribution in [2.45, 2.75) is 65.3 Å². The molecule has 4 nitrogen and oxygen atoms in total. The van der Waals surface area contributed by atoms with Gasteiger partial charge in [-0.1, -0.05) is 46.5 Å². The first kappa shape index (κ1) is 19.8. The van der Waals surface area contributed by atoms with E-state index < -0.39 is 9.28 Å². The van der Waals surface area contributed by atoms with Crippen LogP contribution in [-0.2, 0) is 13.6 Å². The smallest absolute Gasteiger partial charge is 0.321 e. The number of carbonyl (C=O) groups excluding carboxylic acids is 1. The minimum Gasteiger partial charge on any atom is -0.397 e. The molecular formula is C13H29NO3Si. The van der Waals surface area contributed by atoms with Gasteiger partial charge in [-0.25, -0.2) is 10.2 Å². The molecule has 18 heavy (non-hydrogen) atoms. The average Bonchev–Trinajstić information content (AvgIpc) is 2.36. The molecule has 0 rings (SSSR count). The van der Waals surface area contributed by atoms with E-state index in [4.69, 9.17) is 19.1 Å². The molecule has 0 fully saturated rings. The van der Waals surface area contributed by atoms with Gasteiger partial charge < -0.3 is 8.85 Å². The lowest BCUT2D eigenvalue weighted by molar-refractivity contribution is 0.190. The van der Waals surface area contributed by atoms with Crippen LogP contribution in [0, 0.1) is 5.41 Å². The minimum absolute atomic E-state index is 0.750. The molecule has 0 aliphatic carbocycles. The molecule has 0 heterocycles. The normalized spacial score (nSPS) is 9.78. The maximum absolute atomic E-state index is 8.35.